The molecule has 0 saturated heterocycles. The first-order chi connectivity index (χ1) is 10.1. The van der Waals surface area contributed by atoms with Crippen LogP contribution in [0.4, 0.5) is 0 Å². The van der Waals surface area contributed by atoms with E-state index in [1.54, 1.807) is 0 Å². The number of hydrogen-bond donors (Lipinski definition) is 2. The highest BCUT2D eigenvalue weighted by atomic mass is 35.5. The number of nitrogens with one attached hydrogen (secondary N) is 2. The third-order valence-electron chi connectivity index (χ3n) is 3.91. The lowest BCUT2D eigenvalue weighted by atomic mass is 9.89. The summed E-state index contributed by atoms with van der Waals surface area (Å²) in [7, 11) is 0. The van der Waals surface area contributed by atoms with Gasteiger partial charge in [-0.1, -0.05) is 23.7 Å². The summed E-state index contributed by atoms with van der Waals surface area (Å²) in [5, 5.41) is 3.72. The van der Waals surface area contributed by atoms with Crippen molar-refractivity contribution in [1.29, 1.82) is 0 Å². The molecular formula is C16H18ClN3O. The van der Waals surface area contributed by atoms with Gasteiger partial charge >= 0.3 is 0 Å². The van der Waals surface area contributed by atoms with E-state index < -0.39 is 0 Å². The van der Waals surface area contributed by atoms with Gasteiger partial charge in [0.1, 0.15) is 5.82 Å². The summed E-state index contributed by atoms with van der Waals surface area (Å²) in [6.45, 7) is 2.50. The van der Waals surface area contributed by atoms with E-state index in [1.807, 2.05) is 31.2 Å². The van der Waals surface area contributed by atoms with E-state index in [2.05, 4.69) is 15.3 Å². The number of rotatable bonds is 3. The topological polar surface area (TPSA) is 57.8 Å². The van der Waals surface area contributed by atoms with Crippen LogP contribution >= 0.6 is 11.6 Å². The number of benzene rings is 1. The van der Waals surface area contributed by atoms with Crippen LogP contribution in [-0.4, -0.2) is 15.9 Å². The summed E-state index contributed by atoms with van der Waals surface area (Å²) < 4.78 is 0. The average molecular weight is 304 g/mol. The van der Waals surface area contributed by atoms with Crippen LogP contribution in [0.2, 0.25) is 5.02 Å². The van der Waals surface area contributed by atoms with Crippen molar-refractivity contribution in [2.24, 2.45) is 5.92 Å². The smallest absolute Gasteiger partial charge is 0.223 e. The van der Waals surface area contributed by atoms with E-state index in [1.165, 1.54) is 0 Å². The van der Waals surface area contributed by atoms with E-state index in [0.717, 1.165) is 42.0 Å². The molecule has 1 aliphatic rings. The van der Waals surface area contributed by atoms with Crippen LogP contribution in [0.25, 0.3) is 0 Å². The maximum Gasteiger partial charge on any atom is 0.223 e. The quantitative estimate of drug-likeness (QED) is 0.916. The minimum atomic E-state index is 0.0321. The molecule has 5 heteroatoms. The van der Waals surface area contributed by atoms with E-state index in [9.17, 15) is 4.79 Å². The standard InChI is InChI=1S/C16H18ClN3O/c1-10-19-14-7-4-12(8-15(14)20-10)16(21)18-9-11-2-5-13(17)6-3-11/h2-3,5-6,12H,4,7-9H2,1H3,(H,18,21)(H,19,20). The Balaban J connectivity index is 1.58. The molecule has 1 atom stereocenters. The first kappa shape index (κ1) is 14.1. The molecule has 1 unspecified atom stereocenters. The number of H-pyrrole nitrogens is 1. The summed E-state index contributed by atoms with van der Waals surface area (Å²) in [5.41, 5.74) is 3.29. The third-order valence-corrected chi connectivity index (χ3v) is 4.17. The highest BCUT2D eigenvalue weighted by Crippen LogP contribution is 2.24. The first-order valence-corrected chi connectivity index (χ1v) is 7.56. The Morgan fingerprint density at radius 1 is 1.43 bits per heavy atom. The van der Waals surface area contributed by atoms with E-state index in [0.29, 0.717) is 11.6 Å². The summed E-state index contributed by atoms with van der Waals surface area (Å²) >= 11 is 5.85. The molecule has 1 aromatic carbocycles. The number of amides is 1. The van der Waals surface area contributed by atoms with Gasteiger partial charge in [-0.25, -0.2) is 4.98 Å². The van der Waals surface area contributed by atoms with E-state index in [4.69, 9.17) is 11.6 Å². The molecule has 21 heavy (non-hydrogen) atoms. The molecule has 3 rings (SSSR count). The second-order valence-corrected chi connectivity index (χ2v) is 5.97. The molecule has 4 nitrogen and oxygen atoms in total. The average Bonchev–Trinajstić information content (AvgIpc) is 2.85. The Labute approximate surface area is 128 Å². The van der Waals surface area contributed by atoms with Crippen LogP contribution in [0.15, 0.2) is 24.3 Å². The van der Waals surface area contributed by atoms with Crippen molar-refractivity contribution in [3.63, 3.8) is 0 Å². The van der Waals surface area contributed by atoms with E-state index >= 15 is 0 Å². The number of aromatic amines is 1. The van der Waals surface area contributed by atoms with Crippen molar-refractivity contribution in [3.05, 3.63) is 52.1 Å². The number of imidazole rings is 1. The summed E-state index contributed by atoms with van der Waals surface area (Å²) in [6, 6.07) is 7.53. The minimum absolute atomic E-state index is 0.0321. The Kier molecular flexibility index (Phi) is 3.97. The van der Waals surface area contributed by atoms with Crippen LogP contribution in [0.1, 0.15) is 29.2 Å². The summed E-state index contributed by atoms with van der Waals surface area (Å²) in [6.07, 6.45) is 2.49. The van der Waals surface area contributed by atoms with Gasteiger partial charge in [-0.3, -0.25) is 4.79 Å². The van der Waals surface area contributed by atoms with Gasteiger partial charge in [-0.15, -0.1) is 0 Å². The molecule has 0 bridgehead atoms. The molecule has 0 aliphatic heterocycles. The van der Waals surface area contributed by atoms with Crippen molar-refractivity contribution in [3.8, 4) is 0 Å². The molecule has 1 amide bonds. The second-order valence-electron chi connectivity index (χ2n) is 5.53. The molecule has 110 valence electrons. The van der Waals surface area contributed by atoms with Crippen molar-refractivity contribution in [2.75, 3.05) is 0 Å². The Morgan fingerprint density at radius 3 is 2.95 bits per heavy atom. The lowest BCUT2D eigenvalue weighted by Gasteiger charge is -2.20. The lowest BCUT2D eigenvalue weighted by molar-refractivity contribution is -0.125. The maximum absolute atomic E-state index is 12.3. The van der Waals surface area contributed by atoms with Gasteiger partial charge in [-0.05, 0) is 37.5 Å². The fourth-order valence-corrected chi connectivity index (χ4v) is 2.91. The zero-order chi connectivity index (χ0) is 14.8. The molecular weight excluding hydrogens is 286 g/mol. The second kappa shape index (κ2) is 5.90. The lowest BCUT2D eigenvalue weighted by Crippen LogP contribution is -2.33. The zero-order valence-electron chi connectivity index (χ0n) is 11.9. The predicted molar refractivity (Wildman–Crippen MR) is 82.1 cm³/mol. The molecule has 0 spiro atoms. The monoisotopic (exact) mass is 303 g/mol. The fraction of sp³-hybridized carbons (Fsp3) is 0.375. The molecule has 2 aromatic rings. The maximum atomic E-state index is 12.3. The van der Waals surface area contributed by atoms with Crippen molar-refractivity contribution < 1.29 is 4.79 Å². The van der Waals surface area contributed by atoms with Gasteiger partial charge in [-0.2, -0.15) is 0 Å². The summed E-state index contributed by atoms with van der Waals surface area (Å²) in [5.74, 6) is 1.08. The third kappa shape index (κ3) is 3.27. The Morgan fingerprint density at radius 2 is 2.19 bits per heavy atom. The van der Waals surface area contributed by atoms with Crippen molar-refractivity contribution in [1.82, 2.24) is 15.3 Å². The molecule has 0 saturated carbocycles. The largest absolute Gasteiger partial charge is 0.352 e. The fourth-order valence-electron chi connectivity index (χ4n) is 2.78. The van der Waals surface area contributed by atoms with Gasteiger partial charge in [0.2, 0.25) is 5.91 Å². The number of carbonyl (C=O) groups excluding carboxylic acids is 1. The predicted octanol–water partition coefficient (Wildman–Crippen LogP) is 2.79. The Hall–Kier alpha value is -1.81. The summed E-state index contributed by atoms with van der Waals surface area (Å²) in [4.78, 5) is 20.0. The van der Waals surface area contributed by atoms with Crippen molar-refractivity contribution in [2.45, 2.75) is 32.7 Å². The molecule has 0 radical (unpaired) electrons. The van der Waals surface area contributed by atoms with Gasteiger partial charge < -0.3 is 10.3 Å². The first-order valence-electron chi connectivity index (χ1n) is 7.18. The van der Waals surface area contributed by atoms with Crippen LogP contribution in [0.3, 0.4) is 0 Å². The molecule has 0 fully saturated rings. The molecule has 2 N–H and O–H groups in total. The Bertz CT molecular complexity index is 648. The number of nitrogens with zero attached hydrogens (tertiary/aromatic N) is 1. The number of carbonyl (C=O) groups is 1. The number of halogens is 1. The SMILES string of the molecule is Cc1nc2c([nH]1)CC(C(=O)NCc1ccc(Cl)cc1)CC2. The van der Waals surface area contributed by atoms with Crippen LogP contribution in [0.5, 0.6) is 0 Å². The molecule has 1 aliphatic carbocycles. The normalized spacial score (nSPS) is 17.3. The number of aryl methyl sites for hydroxylation is 2. The van der Waals surface area contributed by atoms with Crippen LogP contribution in [-0.2, 0) is 24.2 Å². The number of hydrogen-bond acceptors (Lipinski definition) is 2. The highest BCUT2D eigenvalue weighted by Gasteiger charge is 2.26. The molecule has 1 heterocycles. The highest BCUT2D eigenvalue weighted by molar-refractivity contribution is 6.30. The van der Waals surface area contributed by atoms with Crippen molar-refractivity contribution >= 4 is 17.5 Å². The minimum Gasteiger partial charge on any atom is -0.352 e. The molecule has 1 aromatic heterocycles. The van der Waals surface area contributed by atoms with Crippen LogP contribution in [0, 0.1) is 12.8 Å². The number of aromatic nitrogens is 2. The van der Waals surface area contributed by atoms with E-state index in [-0.39, 0.29) is 11.8 Å². The van der Waals surface area contributed by atoms with Gasteiger partial charge in [0.25, 0.3) is 0 Å². The van der Waals surface area contributed by atoms with Gasteiger partial charge in [0, 0.05) is 29.6 Å². The zero-order valence-corrected chi connectivity index (χ0v) is 12.7. The number of fused-ring (bicyclic) bond motifs is 1. The van der Waals surface area contributed by atoms with Gasteiger partial charge in [0.15, 0.2) is 0 Å². The van der Waals surface area contributed by atoms with Gasteiger partial charge in [0.05, 0.1) is 5.69 Å². The van der Waals surface area contributed by atoms with Crippen LogP contribution < -0.4 is 5.32 Å².